The van der Waals surface area contributed by atoms with E-state index in [1.165, 1.54) is 4.57 Å². The molecule has 1 aromatic carbocycles. The number of anilines is 1. The van der Waals surface area contributed by atoms with Gasteiger partial charge in [0.15, 0.2) is 0 Å². The number of aliphatic hydroxyl groups is 1. The zero-order valence-corrected chi connectivity index (χ0v) is 13.9. The van der Waals surface area contributed by atoms with Crippen LogP contribution in [0.1, 0.15) is 11.1 Å². The molecule has 0 aliphatic carbocycles. The number of para-hydroxylation sites is 1. The van der Waals surface area contributed by atoms with Crippen LogP contribution in [0.4, 0.5) is 5.82 Å². The van der Waals surface area contributed by atoms with Gasteiger partial charge in [-0.05, 0) is 25.1 Å². The summed E-state index contributed by atoms with van der Waals surface area (Å²) in [7, 11) is 3.53. The van der Waals surface area contributed by atoms with Crippen LogP contribution in [-0.2, 0) is 13.7 Å². The van der Waals surface area contributed by atoms with Gasteiger partial charge in [-0.15, -0.1) is 0 Å². The second-order valence-electron chi connectivity index (χ2n) is 5.65. The fourth-order valence-electron chi connectivity index (χ4n) is 2.84. The van der Waals surface area contributed by atoms with Crippen molar-refractivity contribution >= 4 is 5.82 Å². The molecule has 0 saturated heterocycles. The maximum Gasteiger partial charge on any atom is 0.255 e. The third kappa shape index (κ3) is 2.61. The average Bonchev–Trinajstić information content (AvgIpc) is 2.94. The number of aromatic nitrogens is 3. The van der Waals surface area contributed by atoms with Crippen molar-refractivity contribution in [2.24, 2.45) is 7.05 Å². The molecule has 6 nitrogen and oxygen atoms in total. The van der Waals surface area contributed by atoms with Crippen LogP contribution in [0.2, 0.25) is 0 Å². The lowest BCUT2D eigenvalue weighted by atomic mass is 10.1. The zero-order valence-electron chi connectivity index (χ0n) is 13.9. The Morgan fingerprint density at radius 3 is 2.58 bits per heavy atom. The normalized spacial score (nSPS) is 10.8. The molecule has 24 heavy (non-hydrogen) atoms. The molecule has 0 spiro atoms. The molecule has 2 aromatic heterocycles. The van der Waals surface area contributed by atoms with Crippen LogP contribution < -0.4 is 10.9 Å². The summed E-state index contributed by atoms with van der Waals surface area (Å²) in [5.41, 5.74) is 3.65. The molecule has 0 unspecified atom stereocenters. The molecule has 0 aliphatic rings. The van der Waals surface area contributed by atoms with E-state index >= 15 is 0 Å². The Morgan fingerprint density at radius 2 is 1.96 bits per heavy atom. The fraction of sp³-hybridized carbons (Fsp3) is 0.222. The SMILES string of the molecule is CNc1c(C)c(-c2cc(CO)c(=O)n(C)c2)nn1-c1ccccc1. The predicted molar refractivity (Wildman–Crippen MR) is 94.4 cm³/mol. The van der Waals surface area contributed by atoms with Gasteiger partial charge in [0.1, 0.15) is 5.82 Å². The van der Waals surface area contributed by atoms with Crippen LogP contribution in [0.5, 0.6) is 0 Å². The van der Waals surface area contributed by atoms with E-state index in [0.29, 0.717) is 5.56 Å². The number of rotatable bonds is 4. The molecule has 2 heterocycles. The monoisotopic (exact) mass is 324 g/mol. The van der Waals surface area contributed by atoms with E-state index in [1.54, 1.807) is 19.3 Å². The van der Waals surface area contributed by atoms with E-state index in [0.717, 1.165) is 28.3 Å². The molecule has 124 valence electrons. The molecule has 0 fully saturated rings. The second kappa shape index (κ2) is 6.33. The minimum absolute atomic E-state index is 0.199. The van der Waals surface area contributed by atoms with Gasteiger partial charge in [-0.1, -0.05) is 18.2 Å². The van der Waals surface area contributed by atoms with E-state index in [4.69, 9.17) is 5.10 Å². The van der Waals surface area contributed by atoms with Gasteiger partial charge in [-0.3, -0.25) is 4.79 Å². The lowest BCUT2D eigenvalue weighted by molar-refractivity contribution is 0.279. The van der Waals surface area contributed by atoms with Crippen molar-refractivity contribution in [2.75, 3.05) is 12.4 Å². The minimum atomic E-state index is -0.294. The lowest BCUT2D eigenvalue weighted by Crippen LogP contribution is -2.20. The average molecular weight is 324 g/mol. The molecule has 0 aliphatic heterocycles. The summed E-state index contributed by atoms with van der Waals surface area (Å²) in [5, 5.41) is 17.3. The molecule has 0 saturated carbocycles. The molecular weight excluding hydrogens is 304 g/mol. The highest BCUT2D eigenvalue weighted by Crippen LogP contribution is 2.30. The van der Waals surface area contributed by atoms with Gasteiger partial charge in [-0.2, -0.15) is 5.10 Å². The first-order chi connectivity index (χ1) is 11.6. The second-order valence-corrected chi connectivity index (χ2v) is 5.65. The Morgan fingerprint density at radius 1 is 1.25 bits per heavy atom. The maximum absolute atomic E-state index is 12.0. The molecule has 0 bridgehead atoms. The van der Waals surface area contributed by atoms with Crippen LogP contribution >= 0.6 is 0 Å². The molecule has 0 radical (unpaired) electrons. The van der Waals surface area contributed by atoms with Gasteiger partial charge < -0.3 is 15.0 Å². The maximum atomic E-state index is 12.0. The largest absolute Gasteiger partial charge is 0.391 e. The highest BCUT2D eigenvalue weighted by molar-refractivity contribution is 5.70. The Bertz CT molecular complexity index is 926. The van der Waals surface area contributed by atoms with Crippen molar-refractivity contribution in [1.29, 1.82) is 0 Å². The molecule has 6 heteroatoms. The van der Waals surface area contributed by atoms with E-state index in [1.807, 2.05) is 49.0 Å². The first-order valence-corrected chi connectivity index (χ1v) is 7.70. The van der Waals surface area contributed by atoms with Gasteiger partial charge in [-0.25, -0.2) is 4.68 Å². The molecule has 3 rings (SSSR count). The Labute approximate surface area is 140 Å². The van der Waals surface area contributed by atoms with E-state index in [2.05, 4.69) is 5.32 Å². The summed E-state index contributed by atoms with van der Waals surface area (Å²) in [6.45, 7) is 1.69. The number of nitrogens with one attached hydrogen (secondary N) is 1. The van der Waals surface area contributed by atoms with Gasteiger partial charge in [0.2, 0.25) is 0 Å². The number of aryl methyl sites for hydroxylation is 1. The number of aliphatic hydroxyl groups excluding tert-OH is 1. The van der Waals surface area contributed by atoms with Crippen LogP contribution in [0, 0.1) is 6.92 Å². The molecule has 0 amide bonds. The van der Waals surface area contributed by atoms with Crippen molar-refractivity contribution in [3.63, 3.8) is 0 Å². The number of hydrogen-bond acceptors (Lipinski definition) is 4. The first-order valence-electron chi connectivity index (χ1n) is 7.70. The standard InChI is InChI=1S/C18H20N4O2/c1-12-16(13-9-14(11-23)18(24)21(3)10-13)20-22(17(12)19-2)15-7-5-4-6-8-15/h4-10,19,23H,11H2,1-3H3. The predicted octanol–water partition coefficient (Wildman–Crippen LogP) is 2.08. The molecular formula is C18H20N4O2. The zero-order chi connectivity index (χ0) is 17.3. The van der Waals surface area contributed by atoms with Crippen LogP contribution in [0.15, 0.2) is 47.4 Å². The van der Waals surface area contributed by atoms with E-state index in [-0.39, 0.29) is 12.2 Å². The van der Waals surface area contributed by atoms with Crippen molar-refractivity contribution in [2.45, 2.75) is 13.5 Å². The number of benzene rings is 1. The van der Waals surface area contributed by atoms with Gasteiger partial charge in [0.05, 0.1) is 18.0 Å². The number of nitrogens with zero attached hydrogens (tertiary/aromatic N) is 3. The smallest absolute Gasteiger partial charge is 0.255 e. The third-order valence-electron chi connectivity index (χ3n) is 4.06. The fourth-order valence-corrected chi connectivity index (χ4v) is 2.84. The molecule has 2 N–H and O–H groups in total. The molecule has 3 aromatic rings. The Hall–Kier alpha value is -2.86. The number of pyridine rings is 1. The van der Waals surface area contributed by atoms with E-state index < -0.39 is 0 Å². The van der Waals surface area contributed by atoms with Crippen molar-refractivity contribution < 1.29 is 5.11 Å². The topological polar surface area (TPSA) is 72.1 Å². The van der Waals surface area contributed by atoms with E-state index in [9.17, 15) is 9.90 Å². The molecule has 0 atom stereocenters. The van der Waals surface area contributed by atoms with Crippen LogP contribution in [0.25, 0.3) is 16.9 Å². The summed E-state index contributed by atoms with van der Waals surface area (Å²) >= 11 is 0. The summed E-state index contributed by atoms with van der Waals surface area (Å²) in [4.78, 5) is 12.0. The number of hydrogen-bond donors (Lipinski definition) is 2. The first kappa shape index (κ1) is 16.0. The van der Waals surface area contributed by atoms with Crippen LogP contribution in [0.3, 0.4) is 0 Å². The van der Waals surface area contributed by atoms with Crippen molar-refractivity contribution in [1.82, 2.24) is 14.3 Å². The Kier molecular flexibility index (Phi) is 4.22. The summed E-state index contributed by atoms with van der Waals surface area (Å²) in [6, 6.07) is 11.5. The summed E-state index contributed by atoms with van der Waals surface area (Å²) in [5.74, 6) is 0.885. The minimum Gasteiger partial charge on any atom is -0.391 e. The highest BCUT2D eigenvalue weighted by atomic mass is 16.3. The quantitative estimate of drug-likeness (QED) is 0.771. The van der Waals surface area contributed by atoms with Crippen molar-refractivity contribution in [3.05, 3.63) is 64.1 Å². The van der Waals surface area contributed by atoms with Gasteiger partial charge in [0.25, 0.3) is 5.56 Å². The van der Waals surface area contributed by atoms with Crippen LogP contribution in [-0.4, -0.2) is 26.5 Å². The Balaban J connectivity index is 2.22. The summed E-state index contributed by atoms with van der Waals surface area (Å²) < 4.78 is 3.31. The highest BCUT2D eigenvalue weighted by Gasteiger charge is 2.17. The third-order valence-corrected chi connectivity index (χ3v) is 4.06. The lowest BCUT2D eigenvalue weighted by Gasteiger charge is -2.06. The summed E-state index contributed by atoms with van der Waals surface area (Å²) in [6.07, 6.45) is 1.74. The van der Waals surface area contributed by atoms with Gasteiger partial charge in [0, 0.05) is 37.0 Å². The van der Waals surface area contributed by atoms with Gasteiger partial charge >= 0.3 is 0 Å². The van der Waals surface area contributed by atoms with Crippen molar-refractivity contribution in [3.8, 4) is 16.9 Å².